The summed E-state index contributed by atoms with van der Waals surface area (Å²) in [6.45, 7) is 6.93. The van der Waals surface area contributed by atoms with Gasteiger partial charge < -0.3 is 0 Å². The Balaban J connectivity index is 3.06. The maximum atomic E-state index is 4.49. The average molecular weight is 277 g/mol. The Bertz CT molecular complexity index is 255. The first-order chi connectivity index (χ1) is 5.00. The van der Waals surface area contributed by atoms with Crippen molar-refractivity contribution in [3.05, 3.63) is 21.9 Å². The third-order valence-corrected chi connectivity index (χ3v) is 3.90. The number of halogens is 1. The molecule has 1 aromatic rings. The topological polar surface area (TPSA) is 12.9 Å². The molecule has 0 spiro atoms. The van der Waals surface area contributed by atoms with Gasteiger partial charge in [-0.05, 0) is 34.7 Å². The zero-order chi connectivity index (χ0) is 8.48. The predicted molar refractivity (Wildman–Crippen MR) is 59.9 cm³/mol. The molecule has 1 rings (SSSR count). The second-order valence-electron chi connectivity index (χ2n) is 3.60. The molecule has 0 aromatic carbocycles. The van der Waals surface area contributed by atoms with Crippen LogP contribution >= 0.6 is 22.6 Å². The maximum absolute atomic E-state index is 4.49. The van der Waals surface area contributed by atoms with Gasteiger partial charge in [0.15, 0.2) is 0 Å². The summed E-state index contributed by atoms with van der Waals surface area (Å²) in [6.07, 6.45) is 0. The molecule has 1 nitrogen and oxygen atoms in total. The molecule has 0 radical (unpaired) electrons. The van der Waals surface area contributed by atoms with E-state index in [4.69, 9.17) is 0 Å². The van der Waals surface area contributed by atoms with Crippen molar-refractivity contribution >= 4 is 36.0 Å². The van der Waals surface area contributed by atoms with E-state index in [0.29, 0.717) is 0 Å². The largest absolute Gasteiger partial charge is 0.252 e. The van der Waals surface area contributed by atoms with Crippen LogP contribution in [0.15, 0.2) is 18.2 Å². The third-order valence-electron chi connectivity index (χ3n) is 1.48. The molecule has 0 aliphatic carbocycles. The molecule has 0 amide bonds. The standard InChI is InChI=1S/C8H12INSi/c1-11(2,3)8-6-4-5-7(9)10-8/h4-6H,1-3H3. The quantitative estimate of drug-likeness (QED) is 0.436. The van der Waals surface area contributed by atoms with E-state index in [1.54, 1.807) is 0 Å². The molecule has 0 fully saturated rings. The fraction of sp³-hybridized carbons (Fsp3) is 0.375. The summed E-state index contributed by atoms with van der Waals surface area (Å²) in [7, 11) is -1.18. The Labute approximate surface area is 82.4 Å². The molecule has 0 N–H and O–H groups in total. The van der Waals surface area contributed by atoms with Gasteiger partial charge in [0.25, 0.3) is 0 Å². The smallest absolute Gasteiger partial charge is 0.101 e. The molecule has 0 saturated carbocycles. The fourth-order valence-electron chi connectivity index (χ4n) is 0.826. The number of rotatable bonds is 1. The summed E-state index contributed by atoms with van der Waals surface area (Å²) < 4.78 is 1.10. The molecule has 1 aromatic heterocycles. The van der Waals surface area contributed by atoms with Crippen molar-refractivity contribution in [3.8, 4) is 0 Å². The Morgan fingerprint density at radius 3 is 2.27 bits per heavy atom. The maximum Gasteiger partial charge on any atom is 0.101 e. The Kier molecular flexibility index (Phi) is 2.69. The number of pyridine rings is 1. The van der Waals surface area contributed by atoms with Gasteiger partial charge in [0.05, 0.1) is 0 Å². The van der Waals surface area contributed by atoms with E-state index in [1.165, 1.54) is 5.32 Å². The Morgan fingerprint density at radius 1 is 1.27 bits per heavy atom. The zero-order valence-corrected chi connectivity index (χ0v) is 10.2. The molecule has 0 aliphatic rings. The highest BCUT2D eigenvalue weighted by Crippen LogP contribution is 2.02. The summed E-state index contributed by atoms with van der Waals surface area (Å²) in [5.74, 6) is 0. The monoisotopic (exact) mass is 277 g/mol. The van der Waals surface area contributed by atoms with Crippen LogP contribution in [0.4, 0.5) is 0 Å². The summed E-state index contributed by atoms with van der Waals surface area (Å²) >= 11 is 2.26. The normalized spacial score (nSPS) is 11.6. The second kappa shape index (κ2) is 3.22. The zero-order valence-electron chi connectivity index (χ0n) is 7.06. The van der Waals surface area contributed by atoms with Crippen molar-refractivity contribution in [1.82, 2.24) is 4.98 Å². The van der Waals surface area contributed by atoms with E-state index >= 15 is 0 Å². The van der Waals surface area contributed by atoms with Gasteiger partial charge in [-0.15, -0.1) is 0 Å². The van der Waals surface area contributed by atoms with Crippen LogP contribution in [0.5, 0.6) is 0 Å². The molecular weight excluding hydrogens is 265 g/mol. The summed E-state index contributed by atoms with van der Waals surface area (Å²) in [6, 6.07) is 6.25. The van der Waals surface area contributed by atoms with E-state index in [-0.39, 0.29) is 0 Å². The minimum atomic E-state index is -1.18. The summed E-state index contributed by atoms with van der Waals surface area (Å²) in [5, 5.41) is 1.30. The SMILES string of the molecule is C[Si](C)(C)c1cccc(I)n1. The van der Waals surface area contributed by atoms with Crippen LogP contribution in [0.2, 0.25) is 19.6 Å². The van der Waals surface area contributed by atoms with Gasteiger partial charge in [-0.25, -0.2) is 0 Å². The molecular formula is C8H12INSi. The van der Waals surface area contributed by atoms with Crippen molar-refractivity contribution in [3.63, 3.8) is 0 Å². The average Bonchev–Trinajstić information content (AvgIpc) is 1.86. The number of hydrogen-bond donors (Lipinski definition) is 0. The van der Waals surface area contributed by atoms with Crippen LogP contribution in [0.3, 0.4) is 0 Å². The predicted octanol–water partition coefficient (Wildman–Crippen LogP) is 2.23. The van der Waals surface area contributed by atoms with Crippen LogP contribution in [-0.4, -0.2) is 13.1 Å². The van der Waals surface area contributed by atoms with E-state index in [9.17, 15) is 0 Å². The highest BCUT2D eigenvalue weighted by molar-refractivity contribution is 14.1. The highest BCUT2D eigenvalue weighted by Gasteiger charge is 2.17. The molecule has 0 bridgehead atoms. The van der Waals surface area contributed by atoms with Crippen molar-refractivity contribution < 1.29 is 0 Å². The van der Waals surface area contributed by atoms with Gasteiger partial charge in [-0.1, -0.05) is 25.7 Å². The Morgan fingerprint density at radius 2 is 1.91 bits per heavy atom. The molecule has 1 heterocycles. The van der Waals surface area contributed by atoms with Crippen LogP contribution in [0.1, 0.15) is 0 Å². The Hall–Kier alpha value is 0.0969. The lowest BCUT2D eigenvalue weighted by atomic mass is 10.5. The molecule has 0 atom stereocenters. The highest BCUT2D eigenvalue weighted by atomic mass is 127. The lowest BCUT2D eigenvalue weighted by molar-refractivity contribution is 1.30. The van der Waals surface area contributed by atoms with Gasteiger partial charge in [-0.2, -0.15) is 0 Å². The van der Waals surface area contributed by atoms with Gasteiger partial charge in [0, 0.05) is 5.32 Å². The van der Waals surface area contributed by atoms with E-state index in [1.807, 2.05) is 6.07 Å². The molecule has 0 saturated heterocycles. The van der Waals surface area contributed by atoms with Crippen molar-refractivity contribution in [2.24, 2.45) is 0 Å². The van der Waals surface area contributed by atoms with Crippen LogP contribution in [-0.2, 0) is 0 Å². The summed E-state index contributed by atoms with van der Waals surface area (Å²) in [5.41, 5.74) is 0. The lowest BCUT2D eigenvalue weighted by Crippen LogP contribution is -2.40. The van der Waals surface area contributed by atoms with Crippen LogP contribution in [0, 0.1) is 3.70 Å². The molecule has 60 valence electrons. The first-order valence-electron chi connectivity index (χ1n) is 3.63. The van der Waals surface area contributed by atoms with Gasteiger partial charge >= 0.3 is 0 Å². The molecule has 11 heavy (non-hydrogen) atoms. The van der Waals surface area contributed by atoms with Gasteiger partial charge in [0.2, 0.25) is 0 Å². The number of hydrogen-bond acceptors (Lipinski definition) is 1. The van der Waals surface area contributed by atoms with Crippen LogP contribution in [0.25, 0.3) is 0 Å². The number of nitrogens with zero attached hydrogens (tertiary/aromatic N) is 1. The molecule has 3 heteroatoms. The lowest BCUT2D eigenvalue weighted by Gasteiger charge is -2.14. The third kappa shape index (κ3) is 2.55. The van der Waals surface area contributed by atoms with Crippen molar-refractivity contribution in [2.75, 3.05) is 0 Å². The van der Waals surface area contributed by atoms with E-state index in [2.05, 4.69) is 59.3 Å². The molecule has 0 unspecified atom stereocenters. The second-order valence-corrected chi connectivity index (χ2v) is 9.71. The molecule has 0 aliphatic heterocycles. The first kappa shape index (κ1) is 9.19. The minimum Gasteiger partial charge on any atom is -0.252 e. The first-order valence-corrected chi connectivity index (χ1v) is 8.21. The van der Waals surface area contributed by atoms with Gasteiger partial charge in [0.1, 0.15) is 11.8 Å². The van der Waals surface area contributed by atoms with Crippen molar-refractivity contribution in [2.45, 2.75) is 19.6 Å². The van der Waals surface area contributed by atoms with Crippen molar-refractivity contribution in [1.29, 1.82) is 0 Å². The minimum absolute atomic E-state index is 1.10. The van der Waals surface area contributed by atoms with E-state index < -0.39 is 8.07 Å². The van der Waals surface area contributed by atoms with E-state index in [0.717, 1.165) is 3.70 Å². The summed E-state index contributed by atoms with van der Waals surface area (Å²) in [4.78, 5) is 4.49. The number of aromatic nitrogens is 1. The van der Waals surface area contributed by atoms with Gasteiger partial charge in [-0.3, -0.25) is 4.98 Å². The van der Waals surface area contributed by atoms with Crippen LogP contribution < -0.4 is 5.32 Å². The fourth-order valence-corrected chi connectivity index (χ4v) is 2.57.